The second-order valence-corrected chi connectivity index (χ2v) is 13.7. The Labute approximate surface area is 251 Å². The van der Waals surface area contributed by atoms with E-state index in [-0.39, 0.29) is 42.4 Å². The molecule has 10 heteroatoms. The number of nitrogens with zero attached hydrogens (tertiary/aromatic N) is 2. The summed E-state index contributed by atoms with van der Waals surface area (Å²) >= 11 is 0. The van der Waals surface area contributed by atoms with Crippen LogP contribution in [-0.4, -0.2) is 78.1 Å². The number of nitrogens with one attached hydrogen (secondary N) is 1. The second kappa shape index (κ2) is 15.3. The first-order chi connectivity index (χ1) is 19.9. The van der Waals surface area contributed by atoms with Crippen molar-refractivity contribution in [1.29, 1.82) is 0 Å². The van der Waals surface area contributed by atoms with Crippen LogP contribution in [0.3, 0.4) is 0 Å². The van der Waals surface area contributed by atoms with Gasteiger partial charge >= 0.3 is 0 Å². The summed E-state index contributed by atoms with van der Waals surface area (Å²) in [6, 6.07) is 8.86. The number of carbonyl (C=O) groups excluding carboxylic acids is 1. The van der Waals surface area contributed by atoms with Gasteiger partial charge in [0.25, 0.3) is 0 Å². The van der Waals surface area contributed by atoms with Crippen molar-refractivity contribution in [3.8, 4) is 5.75 Å². The maximum absolute atomic E-state index is 13.8. The number of hydrogen-bond donors (Lipinski definition) is 1. The highest BCUT2D eigenvalue weighted by Gasteiger charge is 2.30. The summed E-state index contributed by atoms with van der Waals surface area (Å²) < 4.78 is 52.5. The Morgan fingerprint density at radius 1 is 1.07 bits per heavy atom. The number of halogens is 1. The molecule has 0 radical (unpaired) electrons. The maximum Gasteiger partial charge on any atom is 0.245 e. The second-order valence-electron chi connectivity index (χ2n) is 11.7. The Balaban J connectivity index is 1.37. The maximum atomic E-state index is 13.8. The van der Waals surface area contributed by atoms with E-state index in [4.69, 9.17) is 9.47 Å². The molecule has 0 bridgehead atoms. The van der Waals surface area contributed by atoms with Crippen LogP contribution in [0.4, 0.5) is 4.39 Å². The molecule has 0 saturated heterocycles. The lowest BCUT2D eigenvalue weighted by molar-refractivity contribution is -0.125. The smallest absolute Gasteiger partial charge is 0.245 e. The minimum Gasteiger partial charge on any atom is -0.496 e. The first-order valence-electron chi connectivity index (χ1n) is 14.7. The highest BCUT2D eigenvalue weighted by Crippen LogP contribution is 2.40. The third-order valence-corrected chi connectivity index (χ3v) is 10.8. The van der Waals surface area contributed by atoms with Gasteiger partial charge in [-0.1, -0.05) is 25.0 Å². The third kappa shape index (κ3) is 8.52. The normalized spacial score (nSPS) is 18.3. The molecular formula is C32H48FN3O5S. The summed E-state index contributed by atoms with van der Waals surface area (Å²) in [5, 5.41) is 2.93. The van der Waals surface area contributed by atoms with Crippen molar-refractivity contribution in [3.05, 3.63) is 58.4 Å². The summed E-state index contributed by atoms with van der Waals surface area (Å²) in [6.07, 6.45) is 5.24. The zero-order valence-corrected chi connectivity index (χ0v) is 27.0. The fourth-order valence-electron chi connectivity index (χ4n) is 6.21. The summed E-state index contributed by atoms with van der Waals surface area (Å²) in [5.41, 5.74) is 3.11. The average Bonchev–Trinajstić information content (AvgIpc) is 2.93. The predicted octanol–water partition coefficient (Wildman–Crippen LogP) is 5.01. The minimum absolute atomic E-state index is 0.110. The molecule has 3 rings (SSSR count). The quantitative estimate of drug-likeness (QED) is 0.305. The molecule has 42 heavy (non-hydrogen) atoms. The molecule has 1 aliphatic rings. The fourth-order valence-corrected chi connectivity index (χ4v) is 7.84. The molecule has 234 valence electrons. The molecule has 0 aliphatic heterocycles. The van der Waals surface area contributed by atoms with Gasteiger partial charge < -0.3 is 19.7 Å². The van der Waals surface area contributed by atoms with E-state index in [9.17, 15) is 17.6 Å². The van der Waals surface area contributed by atoms with E-state index >= 15 is 0 Å². The topological polar surface area (TPSA) is 88.2 Å². The lowest BCUT2D eigenvalue weighted by Crippen LogP contribution is -2.34. The third-order valence-electron chi connectivity index (χ3n) is 8.61. The van der Waals surface area contributed by atoms with Gasteiger partial charge in [0.15, 0.2) is 0 Å². The van der Waals surface area contributed by atoms with E-state index in [0.717, 1.165) is 43.2 Å². The molecule has 0 spiro atoms. The molecule has 0 aromatic heterocycles. The lowest BCUT2D eigenvalue weighted by Gasteiger charge is -2.37. The Morgan fingerprint density at radius 3 is 2.38 bits per heavy atom. The molecule has 1 fully saturated rings. The van der Waals surface area contributed by atoms with E-state index in [2.05, 4.69) is 24.3 Å². The van der Waals surface area contributed by atoms with Crippen molar-refractivity contribution >= 4 is 15.9 Å². The Kier molecular flexibility index (Phi) is 12.4. The van der Waals surface area contributed by atoms with E-state index < -0.39 is 10.0 Å². The van der Waals surface area contributed by atoms with Crippen LogP contribution in [0.1, 0.15) is 60.4 Å². The van der Waals surface area contributed by atoms with Gasteiger partial charge in [0.1, 0.15) is 18.2 Å². The van der Waals surface area contributed by atoms with Crippen molar-refractivity contribution in [1.82, 2.24) is 14.5 Å². The summed E-state index contributed by atoms with van der Waals surface area (Å²) in [6.45, 7) is 6.10. The monoisotopic (exact) mass is 605 g/mol. The van der Waals surface area contributed by atoms with Gasteiger partial charge in [-0.15, -0.1) is 0 Å². The lowest BCUT2D eigenvalue weighted by atomic mass is 9.75. The van der Waals surface area contributed by atoms with Crippen LogP contribution in [0.5, 0.6) is 5.75 Å². The van der Waals surface area contributed by atoms with Gasteiger partial charge in [0.05, 0.1) is 18.6 Å². The zero-order valence-electron chi connectivity index (χ0n) is 26.2. The summed E-state index contributed by atoms with van der Waals surface area (Å²) in [7, 11) is 3.47. The van der Waals surface area contributed by atoms with Crippen LogP contribution in [0.15, 0.2) is 35.2 Å². The number of amides is 1. The Bertz CT molecular complexity index is 1310. The number of sulfonamides is 1. The average molecular weight is 606 g/mol. The van der Waals surface area contributed by atoms with Crippen molar-refractivity contribution in [3.63, 3.8) is 0 Å². The molecule has 1 unspecified atom stereocenters. The molecular weight excluding hydrogens is 557 g/mol. The van der Waals surface area contributed by atoms with E-state index in [1.165, 1.54) is 17.4 Å². The van der Waals surface area contributed by atoms with Gasteiger partial charge in [-0.05, 0) is 106 Å². The van der Waals surface area contributed by atoms with Gasteiger partial charge in [0.2, 0.25) is 15.9 Å². The molecule has 1 aliphatic carbocycles. The van der Waals surface area contributed by atoms with Crippen molar-refractivity contribution < 1.29 is 27.1 Å². The van der Waals surface area contributed by atoms with Gasteiger partial charge in [-0.2, -0.15) is 4.31 Å². The largest absolute Gasteiger partial charge is 0.496 e. The fraction of sp³-hybridized carbons (Fsp3) is 0.594. The molecule has 1 amide bonds. The molecule has 1 atom stereocenters. The van der Waals surface area contributed by atoms with Crippen LogP contribution in [0, 0.1) is 38.4 Å². The highest BCUT2D eigenvalue weighted by atomic mass is 32.2. The van der Waals surface area contributed by atoms with Crippen LogP contribution >= 0.6 is 0 Å². The van der Waals surface area contributed by atoms with Crippen molar-refractivity contribution in [2.75, 3.05) is 54.6 Å². The molecule has 2 aromatic carbocycles. The van der Waals surface area contributed by atoms with E-state index in [1.54, 1.807) is 39.2 Å². The highest BCUT2D eigenvalue weighted by molar-refractivity contribution is 7.89. The summed E-state index contributed by atoms with van der Waals surface area (Å²) in [4.78, 5) is 14.8. The molecule has 1 saturated carbocycles. The van der Waals surface area contributed by atoms with E-state index in [0.29, 0.717) is 35.3 Å². The van der Waals surface area contributed by atoms with Crippen molar-refractivity contribution in [2.45, 2.75) is 63.8 Å². The number of methoxy groups -OCH3 is 1. The molecule has 2 aromatic rings. The van der Waals surface area contributed by atoms with E-state index in [1.807, 2.05) is 13.0 Å². The molecule has 1 N–H and O–H groups in total. The number of carbonyl (C=O) groups is 1. The zero-order chi connectivity index (χ0) is 31.0. The van der Waals surface area contributed by atoms with Gasteiger partial charge in [-0.3, -0.25) is 4.79 Å². The van der Waals surface area contributed by atoms with Gasteiger partial charge in [0, 0.05) is 26.2 Å². The number of rotatable bonds is 14. The number of hydrogen-bond acceptors (Lipinski definition) is 6. The van der Waals surface area contributed by atoms with Crippen LogP contribution < -0.4 is 10.1 Å². The van der Waals surface area contributed by atoms with Crippen LogP contribution in [-0.2, 0) is 19.6 Å². The Hall–Kier alpha value is -2.53. The first-order valence-corrected chi connectivity index (χ1v) is 16.2. The Morgan fingerprint density at radius 2 is 1.76 bits per heavy atom. The van der Waals surface area contributed by atoms with Crippen LogP contribution in [0.2, 0.25) is 0 Å². The van der Waals surface area contributed by atoms with Gasteiger partial charge in [-0.25, -0.2) is 12.8 Å². The predicted molar refractivity (Wildman–Crippen MR) is 164 cm³/mol. The molecule has 0 heterocycles. The molecule has 8 nitrogen and oxygen atoms in total. The SMILES string of the molecule is COc1cc(C)c(S(=O)(=O)N(C)CCOCC(=O)NCCC2CCC(C(c3cccc(F)c3)N(C)C)CC2)c(C)c1C. The number of likely N-dealkylation sites (N-methyl/N-ethyl adjacent to an activating group) is 1. The summed E-state index contributed by atoms with van der Waals surface area (Å²) in [5.74, 6) is 1.28. The standard InChI is InChI=1S/C32H48FN3O5S/c1-22-19-29(40-7)23(2)24(3)32(22)42(38,39)36(6)17-18-41-21-30(37)34-16-15-25-11-13-26(14-12-25)31(35(4)5)27-9-8-10-28(33)20-27/h8-10,19-20,25-26,31H,11-18,21H2,1-7H3,(H,34,37). The number of benzene rings is 2. The minimum atomic E-state index is -3.73. The van der Waals surface area contributed by atoms with Crippen molar-refractivity contribution in [2.24, 2.45) is 11.8 Å². The first kappa shape index (κ1) is 34.0. The van der Waals surface area contributed by atoms with Crippen LogP contribution in [0.25, 0.3) is 0 Å². The number of aryl methyl sites for hydroxylation is 1. The number of ether oxygens (including phenoxy) is 2.